The van der Waals surface area contributed by atoms with Crippen molar-refractivity contribution in [2.24, 2.45) is 40.4 Å². The molecule has 194 valence electrons. The Morgan fingerprint density at radius 1 is 1.12 bits per heavy atom. The van der Waals surface area contributed by atoms with Crippen LogP contribution in [-0.2, 0) is 14.3 Å². The Morgan fingerprint density at radius 3 is 2.53 bits per heavy atom. The smallest absolute Gasteiger partial charge is 0.316 e. The summed E-state index contributed by atoms with van der Waals surface area (Å²) in [6, 6.07) is 0. The van der Waals surface area contributed by atoms with E-state index in [0.717, 1.165) is 43.4 Å². The van der Waals surface area contributed by atoms with Crippen molar-refractivity contribution >= 4 is 11.8 Å². The van der Waals surface area contributed by atoms with Crippen molar-refractivity contribution in [3.8, 4) is 0 Å². The van der Waals surface area contributed by atoms with Crippen LogP contribution in [0.4, 0.5) is 0 Å². The molecule has 0 aliphatic heterocycles. The zero-order valence-electron chi connectivity index (χ0n) is 22.7. The maximum Gasteiger partial charge on any atom is 0.316 e. The highest BCUT2D eigenvalue weighted by atomic mass is 16.5. The minimum absolute atomic E-state index is 0.0537. The van der Waals surface area contributed by atoms with Crippen LogP contribution in [0.15, 0.2) is 11.6 Å². The fraction of sp³-hybridized carbons (Fsp3) is 0.867. The number of carbonyl (C=O) groups excluding carboxylic acids is 2. The Balaban J connectivity index is 0.00000158. The van der Waals surface area contributed by atoms with Crippen LogP contribution in [0.25, 0.3) is 0 Å². The molecule has 0 spiro atoms. The third-order valence-corrected chi connectivity index (χ3v) is 10.4. The lowest BCUT2D eigenvalue weighted by atomic mass is 9.43. The molecule has 34 heavy (non-hydrogen) atoms. The van der Waals surface area contributed by atoms with Crippen LogP contribution in [0.3, 0.4) is 0 Å². The van der Waals surface area contributed by atoms with E-state index in [0.29, 0.717) is 24.4 Å². The Morgan fingerprint density at radius 2 is 1.85 bits per heavy atom. The number of Topliss-reactive ketones (excluding diaryl/α,β-unsaturated/α-hetero) is 1. The quantitative estimate of drug-likeness (QED) is 0.259. The molecule has 0 amide bonds. The number of esters is 1. The van der Waals surface area contributed by atoms with Crippen LogP contribution in [0.5, 0.6) is 0 Å². The summed E-state index contributed by atoms with van der Waals surface area (Å²) in [5, 5.41) is 10.2. The Kier molecular flexibility index (Phi) is 9.09. The number of hydrogen-bond acceptors (Lipinski definition) is 4. The lowest BCUT2D eigenvalue weighted by molar-refractivity contribution is -0.152. The molecule has 4 nitrogen and oxygen atoms in total. The zero-order chi connectivity index (χ0) is 25.1. The van der Waals surface area contributed by atoms with Gasteiger partial charge in [-0.25, -0.2) is 0 Å². The lowest BCUT2D eigenvalue weighted by Crippen LogP contribution is -2.54. The number of fused-ring (bicyclic) bond motifs is 5. The second kappa shape index (κ2) is 11.3. The molecule has 0 aromatic carbocycles. The molecule has 1 N–H and O–H groups in total. The number of aliphatic hydroxyl groups excluding tert-OH is 1. The van der Waals surface area contributed by atoms with Crippen molar-refractivity contribution < 1.29 is 19.4 Å². The summed E-state index contributed by atoms with van der Waals surface area (Å²) >= 11 is 0. The SMILES string of the molecule is CC.CCOC(=O)C(CCC1CCCC2C3CC=C4CC(O)CCC4(C)C3CCC12C)C(C)=O. The summed E-state index contributed by atoms with van der Waals surface area (Å²) in [6.45, 7) is 12.7. The molecule has 3 saturated carbocycles. The average Bonchev–Trinajstić information content (AvgIpc) is 2.81. The zero-order valence-corrected chi connectivity index (χ0v) is 22.7. The molecular formula is C30H50O4. The summed E-state index contributed by atoms with van der Waals surface area (Å²) < 4.78 is 5.19. The molecule has 8 unspecified atom stereocenters. The van der Waals surface area contributed by atoms with Crippen LogP contribution < -0.4 is 0 Å². The highest BCUT2D eigenvalue weighted by molar-refractivity contribution is 5.97. The summed E-state index contributed by atoms with van der Waals surface area (Å²) in [6.07, 6.45) is 14.4. The number of allylic oxidation sites excluding steroid dienone is 1. The van der Waals surface area contributed by atoms with Crippen molar-refractivity contribution in [2.45, 2.75) is 118 Å². The Bertz CT molecular complexity index is 757. The average molecular weight is 475 g/mol. The molecule has 0 saturated heterocycles. The molecule has 8 atom stereocenters. The van der Waals surface area contributed by atoms with E-state index in [-0.39, 0.29) is 23.3 Å². The van der Waals surface area contributed by atoms with E-state index < -0.39 is 5.92 Å². The van der Waals surface area contributed by atoms with Gasteiger partial charge >= 0.3 is 5.97 Å². The summed E-state index contributed by atoms with van der Waals surface area (Å²) in [5.74, 6) is 1.83. The van der Waals surface area contributed by atoms with Gasteiger partial charge in [-0.15, -0.1) is 0 Å². The summed E-state index contributed by atoms with van der Waals surface area (Å²) in [4.78, 5) is 24.5. The van der Waals surface area contributed by atoms with Crippen LogP contribution in [0, 0.1) is 40.4 Å². The first-order chi connectivity index (χ1) is 16.2. The number of hydrogen-bond donors (Lipinski definition) is 1. The van der Waals surface area contributed by atoms with Gasteiger partial charge in [0.25, 0.3) is 0 Å². The molecule has 0 bridgehead atoms. The van der Waals surface area contributed by atoms with Crippen molar-refractivity contribution in [3.63, 3.8) is 0 Å². The second-order valence-electron chi connectivity index (χ2n) is 11.8. The fourth-order valence-electron chi connectivity index (χ4n) is 8.53. The van der Waals surface area contributed by atoms with Gasteiger partial charge < -0.3 is 9.84 Å². The van der Waals surface area contributed by atoms with E-state index in [1.165, 1.54) is 51.0 Å². The van der Waals surface area contributed by atoms with Crippen LogP contribution in [0.2, 0.25) is 0 Å². The fourth-order valence-corrected chi connectivity index (χ4v) is 8.53. The third kappa shape index (κ3) is 5.04. The van der Waals surface area contributed by atoms with Crippen molar-refractivity contribution in [2.75, 3.05) is 6.61 Å². The highest BCUT2D eigenvalue weighted by Crippen LogP contribution is 2.65. The van der Waals surface area contributed by atoms with Crippen LogP contribution >= 0.6 is 0 Å². The number of aliphatic hydroxyl groups is 1. The van der Waals surface area contributed by atoms with Gasteiger partial charge in [0, 0.05) is 0 Å². The van der Waals surface area contributed by atoms with Gasteiger partial charge in [-0.1, -0.05) is 45.8 Å². The van der Waals surface area contributed by atoms with Gasteiger partial charge in [0.15, 0.2) is 0 Å². The molecule has 4 aliphatic carbocycles. The first kappa shape index (κ1) is 27.4. The number of carbonyl (C=O) groups is 2. The Hall–Kier alpha value is -1.16. The predicted molar refractivity (Wildman–Crippen MR) is 137 cm³/mol. The maximum absolute atomic E-state index is 12.3. The molecule has 4 aliphatic rings. The standard InChI is InChI=1S/C28H44O4.C2H6/c1-5-32-26(31)22(18(2)29)11-9-19-7-6-8-24-23-12-10-20-17-21(30)13-15-28(20,4)25(23)14-16-27(19,24)3;1-2/h10,19,21-25,30H,5-9,11-17H2,1-4H3;1-2H3. The van der Waals surface area contributed by atoms with E-state index in [1.807, 2.05) is 13.8 Å². The van der Waals surface area contributed by atoms with Gasteiger partial charge in [0.05, 0.1) is 12.7 Å². The van der Waals surface area contributed by atoms with E-state index in [4.69, 9.17) is 4.74 Å². The van der Waals surface area contributed by atoms with E-state index in [9.17, 15) is 14.7 Å². The highest BCUT2D eigenvalue weighted by Gasteiger charge is 2.57. The van der Waals surface area contributed by atoms with Crippen molar-refractivity contribution in [3.05, 3.63) is 11.6 Å². The van der Waals surface area contributed by atoms with Crippen LogP contribution in [-0.4, -0.2) is 29.6 Å². The Labute approximate surface area is 208 Å². The molecule has 4 rings (SSSR count). The molecular weight excluding hydrogens is 424 g/mol. The van der Waals surface area contributed by atoms with Crippen LogP contribution in [0.1, 0.15) is 112 Å². The van der Waals surface area contributed by atoms with Gasteiger partial charge in [0.2, 0.25) is 0 Å². The molecule has 3 fully saturated rings. The summed E-state index contributed by atoms with van der Waals surface area (Å²) in [7, 11) is 0. The largest absolute Gasteiger partial charge is 0.465 e. The molecule has 0 heterocycles. The maximum atomic E-state index is 12.3. The van der Waals surface area contributed by atoms with E-state index in [1.54, 1.807) is 6.92 Å². The van der Waals surface area contributed by atoms with Gasteiger partial charge in [-0.2, -0.15) is 0 Å². The molecule has 0 aromatic rings. The molecule has 0 radical (unpaired) electrons. The second-order valence-corrected chi connectivity index (χ2v) is 11.8. The first-order valence-electron chi connectivity index (χ1n) is 14.2. The van der Waals surface area contributed by atoms with Gasteiger partial charge in [-0.05, 0) is 113 Å². The topological polar surface area (TPSA) is 63.6 Å². The lowest BCUT2D eigenvalue weighted by Gasteiger charge is -2.62. The number of ether oxygens (including phenoxy) is 1. The molecule has 0 aromatic heterocycles. The van der Waals surface area contributed by atoms with Crippen molar-refractivity contribution in [1.29, 1.82) is 0 Å². The molecule has 4 heteroatoms. The normalized spacial score (nSPS) is 39.7. The van der Waals surface area contributed by atoms with E-state index >= 15 is 0 Å². The third-order valence-electron chi connectivity index (χ3n) is 10.4. The predicted octanol–water partition coefficient (Wildman–Crippen LogP) is 6.89. The number of rotatable bonds is 6. The van der Waals surface area contributed by atoms with Crippen molar-refractivity contribution in [1.82, 2.24) is 0 Å². The van der Waals surface area contributed by atoms with Gasteiger partial charge in [0.1, 0.15) is 11.7 Å². The van der Waals surface area contributed by atoms with Gasteiger partial charge in [-0.3, -0.25) is 9.59 Å². The first-order valence-corrected chi connectivity index (χ1v) is 14.2. The summed E-state index contributed by atoms with van der Waals surface area (Å²) in [5.41, 5.74) is 2.12. The number of ketones is 1. The minimum Gasteiger partial charge on any atom is -0.465 e. The monoisotopic (exact) mass is 474 g/mol. The minimum atomic E-state index is -0.594. The van der Waals surface area contributed by atoms with E-state index in [2.05, 4.69) is 19.9 Å².